The van der Waals surface area contributed by atoms with E-state index in [9.17, 15) is 9.59 Å². The summed E-state index contributed by atoms with van der Waals surface area (Å²) in [6.07, 6.45) is 5.71. The van der Waals surface area contributed by atoms with E-state index in [1.54, 1.807) is 12.4 Å². The van der Waals surface area contributed by atoms with E-state index in [1.807, 2.05) is 32.2 Å². The van der Waals surface area contributed by atoms with Crippen LogP contribution >= 0.6 is 47.8 Å². The number of nitrogens with two attached hydrogens (primary N) is 1. The summed E-state index contributed by atoms with van der Waals surface area (Å²) in [4.78, 5) is 44.4. The number of hydrogen-bond donors (Lipinski definition) is 1. The van der Waals surface area contributed by atoms with Crippen molar-refractivity contribution in [2.24, 2.45) is 16.6 Å². The summed E-state index contributed by atoms with van der Waals surface area (Å²) in [6.45, 7) is 15.1. The average molecular weight is 907 g/mol. The lowest BCUT2D eigenvalue weighted by atomic mass is 9.72. The molecule has 4 atom stereocenters. The van der Waals surface area contributed by atoms with Crippen molar-refractivity contribution in [2.45, 2.75) is 58.3 Å². The minimum absolute atomic E-state index is 0.0335. The van der Waals surface area contributed by atoms with Crippen molar-refractivity contribution < 1.29 is 23.8 Å². The lowest BCUT2D eigenvalue weighted by Gasteiger charge is -2.52. The van der Waals surface area contributed by atoms with Crippen LogP contribution in [0.2, 0.25) is 0 Å². The van der Waals surface area contributed by atoms with Crippen molar-refractivity contribution in [3.63, 3.8) is 0 Å². The molecule has 3 aromatic rings. The van der Waals surface area contributed by atoms with Crippen molar-refractivity contribution in [1.29, 1.82) is 0 Å². The summed E-state index contributed by atoms with van der Waals surface area (Å²) in [5.74, 6) is 0.228. The van der Waals surface area contributed by atoms with Crippen LogP contribution in [-0.4, -0.2) is 104 Å². The number of rotatable bonds is 0. The Balaban J connectivity index is 0.000000122. The highest BCUT2D eigenvalue weighted by Gasteiger charge is 2.49. The number of anilines is 3. The van der Waals surface area contributed by atoms with Gasteiger partial charge in [0.05, 0.1) is 92.0 Å². The molecule has 2 N–H and O–H groups in total. The molecule has 15 heteroatoms. The summed E-state index contributed by atoms with van der Waals surface area (Å²) in [7, 11) is 0. The third-order valence-corrected chi connectivity index (χ3v) is 12.5. The highest BCUT2D eigenvalue weighted by atomic mass is 79.9. The molecule has 3 saturated heterocycles. The zero-order valence-corrected chi connectivity index (χ0v) is 34.5. The second kappa shape index (κ2) is 15.0. The Hall–Kier alpha value is -2.53. The molecular formula is C37H44Br3N7O5. The Bertz CT molecular complexity index is 1860. The van der Waals surface area contributed by atoms with Crippen molar-refractivity contribution in [3.05, 3.63) is 67.3 Å². The monoisotopic (exact) mass is 903 g/mol. The number of halogens is 3. The highest BCUT2D eigenvalue weighted by Crippen LogP contribution is 2.47. The minimum atomic E-state index is -0.450. The van der Waals surface area contributed by atoms with Gasteiger partial charge in [0.2, 0.25) is 0 Å². The minimum Gasteiger partial charge on any atom is -0.377 e. The summed E-state index contributed by atoms with van der Waals surface area (Å²) >= 11 is 10.3. The van der Waals surface area contributed by atoms with Crippen LogP contribution < -0.4 is 20.4 Å². The largest absolute Gasteiger partial charge is 0.377 e. The topological polar surface area (TPSA) is 136 Å². The second-order valence-corrected chi connectivity index (χ2v) is 17.8. The molecular weight excluding hydrogens is 862 g/mol. The Morgan fingerprint density at radius 1 is 0.692 bits per heavy atom. The molecule has 9 rings (SSSR count). The standard InChI is InChI=1S/C13H18BrN3O.C13H15BrN2O2.C11H11BrN2O2/c1-13(2)10-7-18-4-3-17(10)9-5-8(14)6-16-11(9)12(13)15;1-13(2)10-7-18-4-3-16(10)9-5-8(14)6-15-11(9)12(13)17;12-7-3-9-11(13-5-7)10(15)4-8-6-16-2-1-14(8)9/h5-6,10,12H,3-4,7,15H2,1-2H3;5-6,10H,3-4,7H2,1-2H3;3,5,8H,1-2,4,6H2. The number of Topliss-reactive ketones (excluding diaryl/α,β-unsaturated/α-hetero) is 2. The SMILES string of the molecule is CC1(C)C(=O)c2ncc(Br)cc2N2CCOCC21.CC1(C)C(N)c2ncc(Br)cc2N2CCOCC21.O=C1CC2COCCN2c2cc(Br)cnc21. The molecule has 0 saturated carbocycles. The first-order valence-electron chi connectivity index (χ1n) is 17.6. The number of nitrogens with zero attached hydrogens (tertiary/aromatic N) is 6. The maximum Gasteiger partial charge on any atom is 0.191 e. The zero-order chi connectivity index (χ0) is 36.9. The quantitative estimate of drug-likeness (QED) is 0.284. The number of carbonyl (C=O) groups excluding carboxylic acids is 2. The highest BCUT2D eigenvalue weighted by molar-refractivity contribution is 9.11. The molecule has 278 valence electrons. The fraction of sp³-hybridized carbons (Fsp3) is 0.541. The Kier molecular flexibility index (Phi) is 10.9. The number of morpholine rings is 3. The van der Waals surface area contributed by atoms with Crippen LogP contribution in [0.4, 0.5) is 17.1 Å². The van der Waals surface area contributed by atoms with Gasteiger partial charge in [-0.1, -0.05) is 27.7 Å². The van der Waals surface area contributed by atoms with E-state index in [0.717, 1.165) is 75.6 Å². The van der Waals surface area contributed by atoms with Gasteiger partial charge in [-0.05, 0) is 66.0 Å². The van der Waals surface area contributed by atoms with Crippen LogP contribution in [-0.2, 0) is 14.2 Å². The molecule has 12 nitrogen and oxygen atoms in total. The van der Waals surface area contributed by atoms with Crippen LogP contribution in [0.5, 0.6) is 0 Å². The fourth-order valence-corrected chi connectivity index (χ4v) is 9.02. The Morgan fingerprint density at radius 3 is 1.85 bits per heavy atom. The third-order valence-electron chi connectivity index (χ3n) is 11.2. The van der Waals surface area contributed by atoms with E-state index >= 15 is 0 Å². The van der Waals surface area contributed by atoms with E-state index in [2.05, 4.69) is 97.4 Å². The van der Waals surface area contributed by atoms with E-state index in [0.29, 0.717) is 43.7 Å². The van der Waals surface area contributed by atoms with Gasteiger partial charge in [-0.15, -0.1) is 0 Å². The molecule has 0 aliphatic carbocycles. The smallest absolute Gasteiger partial charge is 0.191 e. The molecule has 0 amide bonds. The molecule has 0 radical (unpaired) electrons. The number of hydrogen-bond acceptors (Lipinski definition) is 12. The number of pyridine rings is 3. The maximum absolute atomic E-state index is 12.5. The first-order chi connectivity index (χ1) is 24.8. The van der Waals surface area contributed by atoms with Gasteiger partial charge in [-0.25, -0.2) is 9.97 Å². The van der Waals surface area contributed by atoms with Crippen LogP contribution in [0.3, 0.4) is 0 Å². The van der Waals surface area contributed by atoms with Crippen LogP contribution in [0, 0.1) is 10.8 Å². The van der Waals surface area contributed by atoms with Gasteiger partial charge in [-0.3, -0.25) is 14.6 Å². The fourth-order valence-electron chi connectivity index (χ4n) is 8.06. The van der Waals surface area contributed by atoms with Crippen molar-refractivity contribution in [3.8, 4) is 0 Å². The average Bonchev–Trinajstić information content (AvgIpc) is 3.14. The molecule has 6 aliphatic heterocycles. The Morgan fingerprint density at radius 2 is 1.19 bits per heavy atom. The van der Waals surface area contributed by atoms with E-state index in [-0.39, 0.29) is 35.1 Å². The lowest BCUT2D eigenvalue weighted by Crippen LogP contribution is -2.59. The molecule has 9 heterocycles. The maximum atomic E-state index is 12.5. The number of aromatic nitrogens is 3. The summed E-state index contributed by atoms with van der Waals surface area (Å²) < 4.78 is 19.4. The van der Waals surface area contributed by atoms with Crippen molar-refractivity contribution in [1.82, 2.24) is 15.0 Å². The van der Waals surface area contributed by atoms with Crippen LogP contribution in [0.25, 0.3) is 0 Å². The third kappa shape index (κ3) is 6.95. The molecule has 0 bridgehead atoms. The second-order valence-electron chi connectivity index (χ2n) is 15.1. The van der Waals surface area contributed by atoms with Gasteiger partial charge in [0.1, 0.15) is 11.4 Å². The van der Waals surface area contributed by atoms with Crippen molar-refractivity contribution >= 4 is 76.4 Å². The van der Waals surface area contributed by atoms with E-state index in [1.165, 1.54) is 0 Å². The predicted octanol–water partition coefficient (Wildman–Crippen LogP) is 6.00. The Labute approximate surface area is 329 Å². The molecule has 4 unspecified atom stereocenters. The van der Waals surface area contributed by atoms with Gasteiger partial charge in [0.15, 0.2) is 11.6 Å². The normalized spacial score (nSPS) is 26.5. The molecule has 6 aliphatic rings. The molecule has 52 heavy (non-hydrogen) atoms. The number of ether oxygens (including phenoxy) is 3. The van der Waals surface area contributed by atoms with Gasteiger partial charge in [0, 0.05) is 63.5 Å². The summed E-state index contributed by atoms with van der Waals surface area (Å²) in [6, 6.07) is 6.63. The van der Waals surface area contributed by atoms with Crippen LogP contribution in [0.1, 0.15) is 66.8 Å². The van der Waals surface area contributed by atoms with Gasteiger partial charge < -0.3 is 34.6 Å². The van der Waals surface area contributed by atoms with Crippen LogP contribution in [0.15, 0.2) is 50.2 Å². The number of fused-ring (bicyclic) bond motifs is 9. The van der Waals surface area contributed by atoms with E-state index < -0.39 is 5.41 Å². The number of ketones is 2. The first kappa shape index (κ1) is 37.8. The zero-order valence-electron chi connectivity index (χ0n) is 29.8. The van der Waals surface area contributed by atoms with Gasteiger partial charge >= 0.3 is 0 Å². The first-order valence-corrected chi connectivity index (χ1v) is 20.0. The van der Waals surface area contributed by atoms with Gasteiger partial charge in [-0.2, -0.15) is 0 Å². The summed E-state index contributed by atoms with van der Waals surface area (Å²) in [5, 5.41) is 0. The van der Waals surface area contributed by atoms with E-state index in [4.69, 9.17) is 19.9 Å². The molecule has 0 spiro atoms. The van der Waals surface area contributed by atoms with Crippen molar-refractivity contribution in [2.75, 3.05) is 74.0 Å². The molecule has 0 aromatic carbocycles. The molecule has 3 aromatic heterocycles. The number of carbonyl (C=O) groups is 2. The predicted molar refractivity (Wildman–Crippen MR) is 209 cm³/mol. The summed E-state index contributed by atoms with van der Waals surface area (Å²) in [5.41, 5.74) is 11.2. The molecule has 3 fully saturated rings. The van der Waals surface area contributed by atoms with Gasteiger partial charge in [0.25, 0.3) is 0 Å². The lowest BCUT2D eigenvalue weighted by molar-refractivity contribution is 0.0374.